The van der Waals surface area contributed by atoms with Crippen LogP contribution in [0.15, 0.2) is 35.3 Å². The van der Waals surface area contributed by atoms with Crippen LogP contribution in [0.3, 0.4) is 0 Å². The number of benzene rings is 1. The van der Waals surface area contributed by atoms with Gasteiger partial charge in [0.2, 0.25) is 0 Å². The summed E-state index contributed by atoms with van der Waals surface area (Å²) >= 11 is 0. The molecule has 2 rings (SSSR count). The molecule has 4 heteroatoms. The summed E-state index contributed by atoms with van der Waals surface area (Å²) in [5.41, 5.74) is -0.0351. The van der Waals surface area contributed by atoms with Crippen LogP contribution in [0.4, 0.5) is 0 Å². The van der Waals surface area contributed by atoms with Gasteiger partial charge in [-0.25, -0.2) is 4.68 Å². The number of rotatable bonds is 5. The van der Waals surface area contributed by atoms with Crippen molar-refractivity contribution in [1.82, 2.24) is 9.78 Å². The molecule has 0 bridgehead atoms. The van der Waals surface area contributed by atoms with Gasteiger partial charge in [-0.2, -0.15) is 5.10 Å². The van der Waals surface area contributed by atoms with Crippen LogP contribution in [0.5, 0.6) is 0 Å². The second kappa shape index (κ2) is 5.59. The molecule has 1 aromatic heterocycles. The van der Waals surface area contributed by atoms with E-state index in [-0.39, 0.29) is 12.2 Å². The number of aliphatic hydroxyl groups excluding tert-OH is 1. The molecule has 4 nitrogen and oxygen atoms in total. The molecule has 0 atom stereocenters. The Morgan fingerprint density at radius 2 is 2.00 bits per heavy atom. The maximum atomic E-state index is 12.0. The van der Waals surface area contributed by atoms with Gasteiger partial charge in [0.15, 0.2) is 0 Å². The summed E-state index contributed by atoms with van der Waals surface area (Å²) in [6.07, 6.45) is 4.29. The minimum Gasteiger partial charge on any atom is -0.396 e. The molecule has 0 fully saturated rings. The molecule has 0 aliphatic heterocycles. The van der Waals surface area contributed by atoms with Crippen LogP contribution in [0.1, 0.15) is 19.3 Å². The maximum Gasteiger partial charge on any atom is 0.274 e. The number of aliphatic hydroxyl groups is 1. The van der Waals surface area contributed by atoms with Gasteiger partial charge in [0.1, 0.15) is 0 Å². The number of fused-ring (bicyclic) bond motifs is 1. The predicted molar refractivity (Wildman–Crippen MR) is 66.9 cm³/mol. The van der Waals surface area contributed by atoms with Crippen molar-refractivity contribution in [2.45, 2.75) is 25.8 Å². The zero-order valence-corrected chi connectivity index (χ0v) is 9.67. The smallest absolute Gasteiger partial charge is 0.274 e. The molecule has 0 unspecified atom stereocenters. The van der Waals surface area contributed by atoms with Gasteiger partial charge >= 0.3 is 0 Å². The van der Waals surface area contributed by atoms with E-state index in [2.05, 4.69) is 5.10 Å². The fourth-order valence-corrected chi connectivity index (χ4v) is 1.84. The average molecular weight is 232 g/mol. The SMILES string of the molecule is O=c1c2ccccc2cnn1CCCCCO. The van der Waals surface area contributed by atoms with Crippen LogP contribution in [0, 0.1) is 0 Å². The van der Waals surface area contributed by atoms with Crippen LogP contribution in [-0.4, -0.2) is 21.5 Å². The van der Waals surface area contributed by atoms with E-state index in [1.165, 1.54) is 4.68 Å². The van der Waals surface area contributed by atoms with E-state index in [1.807, 2.05) is 24.3 Å². The molecule has 0 saturated carbocycles. The van der Waals surface area contributed by atoms with E-state index in [9.17, 15) is 4.79 Å². The number of unbranched alkanes of at least 4 members (excludes halogenated alkanes) is 2. The molecule has 17 heavy (non-hydrogen) atoms. The van der Waals surface area contributed by atoms with Crippen LogP contribution < -0.4 is 5.56 Å². The first-order chi connectivity index (χ1) is 8.33. The Balaban J connectivity index is 2.18. The molecular weight excluding hydrogens is 216 g/mol. The number of nitrogens with zero attached hydrogens (tertiary/aromatic N) is 2. The van der Waals surface area contributed by atoms with Gasteiger partial charge in [0.25, 0.3) is 5.56 Å². The van der Waals surface area contributed by atoms with Gasteiger partial charge < -0.3 is 5.11 Å². The van der Waals surface area contributed by atoms with Gasteiger partial charge in [-0.1, -0.05) is 18.2 Å². The van der Waals surface area contributed by atoms with Crippen molar-refractivity contribution >= 4 is 10.8 Å². The van der Waals surface area contributed by atoms with Crippen molar-refractivity contribution in [3.8, 4) is 0 Å². The largest absolute Gasteiger partial charge is 0.396 e. The first kappa shape index (κ1) is 11.8. The minimum atomic E-state index is -0.0351. The Morgan fingerprint density at radius 3 is 2.82 bits per heavy atom. The molecule has 0 aliphatic carbocycles. The molecule has 0 aliphatic rings. The van der Waals surface area contributed by atoms with E-state index < -0.39 is 0 Å². The molecule has 0 amide bonds. The molecule has 1 heterocycles. The number of aryl methyl sites for hydroxylation is 1. The molecular formula is C13H16N2O2. The third kappa shape index (κ3) is 2.71. The highest BCUT2D eigenvalue weighted by Crippen LogP contribution is 2.06. The second-order valence-corrected chi connectivity index (χ2v) is 4.04. The summed E-state index contributed by atoms with van der Waals surface area (Å²) in [6.45, 7) is 0.823. The number of aromatic nitrogens is 2. The monoisotopic (exact) mass is 232 g/mol. The fourth-order valence-electron chi connectivity index (χ4n) is 1.84. The van der Waals surface area contributed by atoms with Crippen molar-refractivity contribution in [2.24, 2.45) is 0 Å². The first-order valence-corrected chi connectivity index (χ1v) is 5.88. The lowest BCUT2D eigenvalue weighted by atomic mass is 10.2. The summed E-state index contributed by atoms with van der Waals surface area (Å²) in [4.78, 5) is 12.0. The van der Waals surface area contributed by atoms with Gasteiger partial charge in [0, 0.05) is 18.5 Å². The highest BCUT2D eigenvalue weighted by atomic mass is 16.2. The van der Waals surface area contributed by atoms with Crippen molar-refractivity contribution in [2.75, 3.05) is 6.61 Å². The Labute approximate surface area is 99.5 Å². The van der Waals surface area contributed by atoms with Crippen LogP contribution in [-0.2, 0) is 6.54 Å². The van der Waals surface area contributed by atoms with Crippen LogP contribution >= 0.6 is 0 Å². The third-order valence-corrected chi connectivity index (χ3v) is 2.79. The third-order valence-electron chi connectivity index (χ3n) is 2.79. The Morgan fingerprint density at radius 1 is 1.18 bits per heavy atom. The molecule has 0 saturated heterocycles. The lowest BCUT2D eigenvalue weighted by molar-refractivity contribution is 0.281. The molecule has 1 N–H and O–H groups in total. The van der Waals surface area contributed by atoms with E-state index >= 15 is 0 Å². The molecule has 0 radical (unpaired) electrons. The van der Waals surface area contributed by atoms with Crippen molar-refractivity contribution in [1.29, 1.82) is 0 Å². The second-order valence-electron chi connectivity index (χ2n) is 4.04. The summed E-state index contributed by atoms with van der Waals surface area (Å²) in [7, 11) is 0. The highest BCUT2D eigenvalue weighted by Gasteiger charge is 2.02. The van der Waals surface area contributed by atoms with Crippen molar-refractivity contribution in [3.05, 3.63) is 40.8 Å². The van der Waals surface area contributed by atoms with Gasteiger partial charge in [0.05, 0.1) is 11.6 Å². The Hall–Kier alpha value is -1.68. The quantitative estimate of drug-likeness (QED) is 0.796. The van der Waals surface area contributed by atoms with E-state index in [0.717, 1.165) is 24.6 Å². The fraction of sp³-hybridized carbons (Fsp3) is 0.385. The van der Waals surface area contributed by atoms with Crippen LogP contribution in [0.2, 0.25) is 0 Å². The summed E-state index contributed by atoms with van der Waals surface area (Å²) < 4.78 is 1.50. The van der Waals surface area contributed by atoms with E-state index in [0.29, 0.717) is 11.9 Å². The van der Waals surface area contributed by atoms with Crippen molar-refractivity contribution in [3.63, 3.8) is 0 Å². The number of hydrogen-bond acceptors (Lipinski definition) is 3. The lowest BCUT2D eigenvalue weighted by Gasteiger charge is -2.05. The zero-order valence-electron chi connectivity index (χ0n) is 9.67. The van der Waals surface area contributed by atoms with Crippen LogP contribution in [0.25, 0.3) is 10.8 Å². The average Bonchev–Trinajstić information content (AvgIpc) is 2.37. The first-order valence-electron chi connectivity index (χ1n) is 5.88. The van der Waals surface area contributed by atoms with Gasteiger partial charge in [-0.15, -0.1) is 0 Å². The minimum absolute atomic E-state index is 0.0351. The predicted octanol–water partition coefficient (Wildman–Crippen LogP) is 1.56. The Kier molecular flexibility index (Phi) is 3.88. The summed E-state index contributed by atoms with van der Waals surface area (Å²) in [5, 5.41) is 14.4. The van der Waals surface area contributed by atoms with Gasteiger partial charge in [-0.05, 0) is 25.3 Å². The molecule has 2 aromatic rings. The Bertz CT molecular complexity index is 548. The topological polar surface area (TPSA) is 55.1 Å². The van der Waals surface area contributed by atoms with Gasteiger partial charge in [-0.3, -0.25) is 4.79 Å². The van der Waals surface area contributed by atoms with Crippen molar-refractivity contribution < 1.29 is 5.11 Å². The van der Waals surface area contributed by atoms with E-state index in [4.69, 9.17) is 5.11 Å². The maximum absolute atomic E-state index is 12.0. The normalized spacial score (nSPS) is 10.9. The summed E-state index contributed by atoms with van der Waals surface area (Å²) in [5.74, 6) is 0. The highest BCUT2D eigenvalue weighted by molar-refractivity contribution is 5.80. The standard InChI is InChI=1S/C13H16N2O2/c16-9-5-1-4-8-15-13(17)12-7-3-2-6-11(12)10-14-15/h2-3,6-7,10,16H,1,4-5,8-9H2. The summed E-state index contributed by atoms with van der Waals surface area (Å²) in [6, 6.07) is 7.47. The number of hydrogen-bond donors (Lipinski definition) is 1. The molecule has 0 spiro atoms. The van der Waals surface area contributed by atoms with E-state index in [1.54, 1.807) is 6.20 Å². The molecule has 1 aromatic carbocycles. The lowest BCUT2D eigenvalue weighted by Crippen LogP contribution is -2.22. The zero-order chi connectivity index (χ0) is 12.1. The molecule has 90 valence electrons.